The Morgan fingerprint density at radius 1 is 1.13 bits per heavy atom. The highest BCUT2D eigenvalue weighted by atomic mass is 32.2. The third-order valence-corrected chi connectivity index (χ3v) is 4.85. The number of nitrogens with zero attached hydrogens (tertiary/aromatic N) is 1. The molecule has 0 N–H and O–H groups in total. The highest BCUT2D eigenvalue weighted by Gasteiger charge is 2.15. The fourth-order valence-electron chi connectivity index (χ4n) is 2.82. The van der Waals surface area contributed by atoms with Gasteiger partial charge >= 0.3 is 0 Å². The van der Waals surface area contributed by atoms with Crippen molar-refractivity contribution in [1.82, 2.24) is 4.90 Å². The standard InChI is InChI=1S/C19H21NO2S/c1-23-18-8-3-2-7-17(18)19(21)16-6-4-5-15(13-16)14-20-9-11-22-12-10-20/h2-8,13H,9-12,14H2,1H3. The lowest BCUT2D eigenvalue weighted by Crippen LogP contribution is -2.35. The number of benzene rings is 2. The molecule has 0 aromatic heterocycles. The molecule has 0 bridgehead atoms. The van der Waals surface area contributed by atoms with E-state index in [0.29, 0.717) is 0 Å². The van der Waals surface area contributed by atoms with Crippen molar-refractivity contribution in [2.45, 2.75) is 11.4 Å². The fraction of sp³-hybridized carbons (Fsp3) is 0.316. The summed E-state index contributed by atoms with van der Waals surface area (Å²) >= 11 is 1.61. The van der Waals surface area contributed by atoms with E-state index in [0.717, 1.165) is 48.9 Å². The first-order chi connectivity index (χ1) is 11.3. The Morgan fingerprint density at radius 3 is 2.70 bits per heavy atom. The smallest absolute Gasteiger partial charge is 0.194 e. The lowest BCUT2D eigenvalue weighted by molar-refractivity contribution is 0.0342. The van der Waals surface area contributed by atoms with E-state index in [4.69, 9.17) is 4.74 Å². The van der Waals surface area contributed by atoms with E-state index in [9.17, 15) is 4.79 Å². The van der Waals surface area contributed by atoms with E-state index < -0.39 is 0 Å². The summed E-state index contributed by atoms with van der Waals surface area (Å²) in [7, 11) is 0. The summed E-state index contributed by atoms with van der Waals surface area (Å²) in [6.45, 7) is 4.36. The van der Waals surface area contributed by atoms with E-state index in [-0.39, 0.29) is 5.78 Å². The van der Waals surface area contributed by atoms with Crippen LogP contribution in [0.5, 0.6) is 0 Å². The fourth-order valence-corrected chi connectivity index (χ4v) is 3.41. The molecule has 0 aliphatic carbocycles. The molecule has 1 heterocycles. The summed E-state index contributed by atoms with van der Waals surface area (Å²) in [5, 5.41) is 0. The quantitative estimate of drug-likeness (QED) is 0.621. The van der Waals surface area contributed by atoms with Crippen LogP contribution < -0.4 is 0 Å². The van der Waals surface area contributed by atoms with Gasteiger partial charge in [0.05, 0.1) is 13.2 Å². The number of carbonyl (C=O) groups is 1. The first-order valence-corrected chi connectivity index (χ1v) is 9.07. The van der Waals surface area contributed by atoms with E-state index in [1.54, 1.807) is 11.8 Å². The van der Waals surface area contributed by atoms with Gasteiger partial charge in [-0.15, -0.1) is 11.8 Å². The molecule has 23 heavy (non-hydrogen) atoms. The Kier molecular flexibility index (Phi) is 5.49. The van der Waals surface area contributed by atoms with Crippen molar-refractivity contribution in [1.29, 1.82) is 0 Å². The maximum Gasteiger partial charge on any atom is 0.194 e. The summed E-state index contributed by atoms with van der Waals surface area (Å²) in [6, 6.07) is 15.8. The molecular weight excluding hydrogens is 306 g/mol. The first-order valence-electron chi connectivity index (χ1n) is 7.84. The van der Waals surface area contributed by atoms with Gasteiger partial charge in [0, 0.05) is 35.7 Å². The number of hydrogen-bond acceptors (Lipinski definition) is 4. The van der Waals surface area contributed by atoms with Crippen molar-refractivity contribution >= 4 is 17.5 Å². The van der Waals surface area contributed by atoms with E-state index in [1.165, 1.54) is 5.56 Å². The van der Waals surface area contributed by atoms with Gasteiger partial charge in [0.2, 0.25) is 0 Å². The van der Waals surface area contributed by atoms with Crippen LogP contribution in [0.1, 0.15) is 21.5 Å². The normalized spacial score (nSPS) is 15.5. The number of ether oxygens (including phenoxy) is 1. The zero-order valence-electron chi connectivity index (χ0n) is 13.3. The number of rotatable bonds is 5. The van der Waals surface area contributed by atoms with Crippen LogP contribution in [0.2, 0.25) is 0 Å². The van der Waals surface area contributed by atoms with Crippen LogP contribution in [0.4, 0.5) is 0 Å². The summed E-state index contributed by atoms with van der Waals surface area (Å²) in [5.74, 6) is 0.0961. The van der Waals surface area contributed by atoms with Gasteiger partial charge in [-0.1, -0.05) is 30.3 Å². The molecule has 1 fully saturated rings. The van der Waals surface area contributed by atoms with Gasteiger partial charge < -0.3 is 4.74 Å². The van der Waals surface area contributed by atoms with Crippen molar-refractivity contribution in [3.63, 3.8) is 0 Å². The zero-order chi connectivity index (χ0) is 16.1. The molecule has 0 amide bonds. The van der Waals surface area contributed by atoms with Gasteiger partial charge in [-0.25, -0.2) is 0 Å². The van der Waals surface area contributed by atoms with Crippen molar-refractivity contribution in [2.24, 2.45) is 0 Å². The molecule has 1 aliphatic rings. The summed E-state index contributed by atoms with van der Waals surface area (Å²) < 4.78 is 5.38. The van der Waals surface area contributed by atoms with E-state index in [1.807, 2.05) is 48.7 Å². The molecule has 2 aromatic carbocycles. The Bertz CT molecular complexity index is 681. The zero-order valence-corrected chi connectivity index (χ0v) is 14.1. The van der Waals surface area contributed by atoms with Crippen LogP contribution in [0.25, 0.3) is 0 Å². The Labute approximate surface area is 141 Å². The molecule has 120 valence electrons. The molecule has 2 aromatic rings. The van der Waals surface area contributed by atoms with E-state index in [2.05, 4.69) is 11.0 Å². The van der Waals surface area contributed by atoms with Gasteiger partial charge in [0.25, 0.3) is 0 Å². The topological polar surface area (TPSA) is 29.5 Å². The lowest BCUT2D eigenvalue weighted by Gasteiger charge is -2.26. The Hall–Kier alpha value is -1.62. The number of carbonyl (C=O) groups excluding carboxylic acids is 1. The lowest BCUT2D eigenvalue weighted by atomic mass is 10.0. The first kappa shape index (κ1) is 16.2. The van der Waals surface area contributed by atoms with Gasteiger partial charge in [-0.2, -0.15) is 0 Å². The Morgan fingerprint density at radius 2 is 1.91 bits per heavy atom. The minimum Gasteiger partial charge on any atom is -0.379 e. The molecule has 0 spiro atoms. The average molecular weight is 327 g/mol. The molecule has 0 atom stereocenters. The number of ketones is 1. The van der Waals surface area contributed by atoms with Crippen LogP contribution in [-0.2, 0) is 11.3 Å². The van der Waals surface area contributed by atoms with Gasteiger partial charge in [-0.05, 0) is 30.0 Å². The van der Waals surface area contributed by atoms with Crippen molar-refractivity contribution in [3.05, 3.63) is 65.2 Å². The van der Waals surface area contributed by atoms with E-state index >= 15 is 0 Å². The molecule has 0 saturated carbocycles. The average Bonchev–Trinajstić information content (AvgIpc) is 2.62. The third-order valence-electron chi connectivity index (χ3n) is 4.05. The second kappa shape index (κ2) is 7.77. The predicted octanol–water partition coefficient (Wildman–Crippen LogP) is 3.47. The molecular formula is C19H21NO2S. The SMILES string of the molecule is CSc1ccccc1C(=O)c1cccc(CN2CCOCC2)c1. The van der Waals surface area contributed by atoms with Crippen LogP contribution in [-0.4, -0.2) is 43.2 Å². The summed E-state index contributed by atoms with van der Waals surface area (Å²) in [4.78, 5) is 16.2. The molecule has 0 radical (unpaired) electrons. The van der Waals surface area contributed by atoms with Gasteiger partial charge in [-0.3, -0.25) is 9.69 Å². The molecule has 1 aliphatic heterocycles. The maximum absolute atomic E-state index is 12.8. The third kappa shape index (κ3) is 4.02. The summed E-state index contributed by atoms with van der Waals surface area (Å²) in [6.07, 6.45) is 2.00. The number of hydrogen-bond donors (Lipinski definition) is 0. The second-order valence-electron chi connectivity index (χ2n) is 5.62. The van der Waals surface area contributed by atoms with Crippen LogP contribution in [0.15, 0.2) is 53.4 Å². The monoisotopic (exact) mass is 327 g/mol. The second-order valence-corrected chi connectivity index (χ2v) is 6.47. The largest absolute Gasteiger partial charge is 0.379 e. The van der Waals surface area contributed by atoms with Crippen LogP contribution in [0, 0.1) is 0 Å². The predicted molar refractivity (Wildman–Crippen MR) is 94.2 cm³/mol. The van der Waals surface area contributed by atoms with Crippen molar-refractivity contribution in [3.8, 4) is 0 Å². The van der Waals surface area contributed by atoms with Crippen molar-refractivity contribution in [2.75, 3.05) is 32.6 Å². The highest BCUT2D eigenvalue weighted by Crippen LogP contribution is 2.23. The van der Waals surface area contributed by atoms with Gasteiger partial charge in [0.1, 0.15) is 0 Å². The van der Waals surface area contributed by atoms with Crippen LogP contribution in [0.3, 0.4) is 0 Å². The molecule has 3 rings (SSSR count). The Balaban J connectivity index is 1.80. The number of morpholine rings is 1. The highest BCUT2D eigenvalue weighted by molar-refractivity contribution is 7.98. The number of thioether (sulfide) groups is 1. The summed E-state index contributed by atoms with van der Waals surface area (Å²) in [5.41, 5.74) is 2.72. The molecule has 4 heteroatoms. The maximum atomic E-state index is 12.8. The van der Waals surface area contributed by atoms with Crippen LogP contribution >= 0.6 is 11.8 Å². The molecule has 0 unspecified atom stereocenters. The minimum absolute atomic E-state index is 0.0961. The van der Waals surface area contributed by atoms with Gasteiger partial charge in [0.15, 0.2) is 5.78 Å². The molecule has 1 saturated heterocycles. The molecule has 3 nitrogen and oxygen atoms in total. The van der Waals surface area contributed by atoms with Crippen molar-refractivity contribution < 1.29 is 9.53 Å². The minimum atomic E-state index is 0.0961.